The van der Waals surface area contributed by atoms with E-state index in [0.717, 1.165) is 13.1 Å². The Labute approximate surface area is 97.5 Å². The maximum absolute atomic E-state index is 6.35. The lowest BCUT2D eigenvalue weighted by Crippen LogP contribution is -2.72. The minimum Gasteiger partial charge on any atom is -0.326 e. The van der Waals surface area contributed by atoms with Crippen LogP contribution in [0.4, 0.5) is 0 Å². The molecule has 6 atom stereocenters. The standard InChI is InChI=1S/C12H24N4/c13-9-7-3-1-5-15-11(7)12-8(10(9)14)4-2-6-16-12/h7-12,15-16H,1-6,13-14H2. The van der Waals surface area contributed by atoms with Crippen molar-refractivity contribution >= 4 is 0 Å². The Balaban J connectivity index is 1.84. The smallest absolute Gasteiger partial charge is 0.0268 e. The quantitative estimate of drug-likeness (QED) is 0.443. The minimum atomic E-state index is 0.193. The van der Waals surface area contributed by atoms with Gasteiger partial charge in [-0.15, -0.1) is 0 Å². The third kappa shape index (κ3) is 1.59. The second kappa shape index (κ2) is 4.26. The van der Waals surface area contributed by atoms with Crippen LogP contribution in [0.5, 0.6) is 0 Å². The second-order valence-corrected chi connectivity index (χ2v) is 5.73. The molecule has 4 nitrogen and oxygen atoms in total. The predicted molar refractivity (Wildman–Crippen MR) is 65.0 cm³/mol. The molecule has 6 N–H and O–H groups in total. The Kier molecular flexibility index (Phi) is 2.92. The van der Waals surface area contributed by atoms with Gasteiger partial charge < -0.3 is 22.1 Å². The summed E-state index contributed by atoms with van der Waals surface area (Å²) in [5.41, 5.74) is 12.7. The SMILES string of the molecule is NC1C(N)C2CCCNC2C2NCCCC12. The van der Waals surface area contributed by atoms with Crippen molar-refractivity contribution < 1.29 is 0 Å². The molecule has 92 valence electrons. The zero-order chi connectivity index (χ0) is 11.1. The summed E-state index contributed by atoms with van der Waals surface area (Å²) in [7, 11) is 0. The number of piperidine rings is 2. The fraction of sp³-hybridized carbons (Fsp3) is 1.00. The first-order chi connectivity index (χ1) is 7.79. The van der Waals surface area contributed by atoms with Gasteiger partial charge in [0.15, 0.2) is 0 Å². The zero-order valence-corrected chi connectivity index (χ0v) is 9.86. The third-order valence-corrected chi connectivity index (χ3v) is 4.93. The summed E-state index contributed by atoms with van der Waals surface area (Å²) in [6.07, 6.45) is 4.99. The van der Waals surface area contributed by atoms with Gasteiger partial charge in [-0.3, -0.25) is 0 Å². The number of fused-ring (bicyclic) bond motifs is 3. The zero-order valence-electron chi connectivity index (χ0n) is 9.86. The summed E-state index contributed by atoms with van der Waals surface area (Å²) >= 11 is 0. The largest absolute Gasteiger partial charge is 0.326 e. The third-order valence-electron chi connectivity index (χ3n) is 4.93. The van der Waals surface area contributed by atoms with Gasteiger partial charge >= 0.3 is 0 Å². The highest BCUT2D eigenvalue weighted by molar-refractivity contribution is 5.09. The van der Waals surface area contributed by atoms with E-state index in [2.05, 4.69) is 10.6 Å². The molecule has 0 aromatic carbocycles. The molecule has 4 heteroatoms. The van der Waals surface area contributed by atoms with Crippen LogP contribution in [0.15, 0.2) is 0 Å². The Morgan fingerprint density at radius 2 is 1.19 bits per heavy atom. The van der Waals surface area contributed by atoms with Crippen LogP contribution in [0.25, 0.3) is 0 Å². The number of hydrogen-bond acceptors (Lipinski definition) is 4. The van der Waals surface area contributed by atoms with Gasteiger partial charge in [0, 0.05) is 24.2 Å². The van der Waals surface area contributed by atoms with E-state index in [9.17, 15) is 0 Å². The number of rotatable bonds is 0. The molecule has 2 heterocycles. The molecular weight excluding hydrogens is 200 g/mol. The van der Waals surface area contributed by atoms with E-state index in [1.807, 2.05) is 0 Å². The summed E-state index contributed by atoms with van der Waals surface area (Å²) in [4.78, 5) is 0. The predicted octanol–water partition coefficient (Wildman–Crippen LogP) is -0.609. The fourth-order valence-electron chi connectivity index (χ4n) is 4.10. The van der Waals surface area contributed by atoms with E-state index < -0.39 is 0 Å². The molecule has 0 aromatic heterocycles. The van der Waals surface area contributed by atoms with Crippen molar-refractivity contribution in [3.8, 4) is 0 Å². The average Bonchev–Trinajstić information content (AvgIpc) is 2.36. The summed E-state index contributed by atoms with van der Waals surface area (Å²) < 4.78 is 0. The van der Waals surface area contributed by atoms with Gasteiger partial charge in [0.25, 0.3) is 0 Å². The first-order valence-electron chi connectivity index (χ1n) is 6.77. The van der Waals surface area contributed by atoms with Crippen LogP contribution < -0.4 is 22.1 Å². The Hall–Kier alpha value is -0.160. The van der Waals surface area contributed by atoms with Crippen LogP contribution in [-0.4, -0.2) is 37.3 Å². The van der Waals surface area contributed by atoms with E-state index in [1.165, 1.54) is 25.7 Å². The molecule has 2 saturated heterocycles. The highest BCUT2D eigenvalue weighted by atomic mass is 15.1. The average molecular weight is 224 g/mol. The molecule has 0 spiro atoms. The highest BCUT2D eigenvalue weighted by Crippen LogP contribution is 2.36. The summed E-state index contributed by atoms with van der Waals surface area (Å²) in [5, 5.41) is 7.35. The van der Waals surface area contributed by atoms with Crippen molar-refractivity contribution in [1.82, 2.24) is 10.6 Å². The van der Waals surface area contributed by atoms with Gasteiger partial charge in [-0.05, 0) is 50.6 Å². The maximum Gasteiger partial charge on any atom is 0.0268 e. The van der Waals surface area contributed by atoms with E-state index in [0.29, 0.717) is 23.9 Å². The van der Waals surface area contributed by atoms with Crippen LogP contribution in [0, 0.1) is 11.8 Å². The molecule has 1 saturated carbocycles. The molecule has 3 aliphatic rings. The van der Waals surface area contributed by atoms with Crippen molar-refractivity contribution in [1.29, 1.82) is 0 Å². The van der Waals surface area contributed by atoms with Crippen LogP contribution in [0.1, 0.15) is 25.7 Å². The van der Waals surface area contributed by atoms with Gasteiger partial charge in [-0.1, -0.05) is 0 Å². The van der Waals surface area contributed by atoms with Gasteiger partial charge in [0.05, 0.1) is 0 Å². The monoisotopic (exact) mass is 224 g/mol. The van der Waals surface area contributed by atoms with E-state index in [4.69, 9.17) is 11.5 Å². The topological polar surface area (TPSA) is 76.1 Å². The lowest BCUT2D eigenvalue weighted by atomic mass is 9.64. The number of nitrogens with two attached hydrogens (primary N) is 2. The van der Waals surface area contributed by atoms with E-state index in [1.54, 1.807) is 0 Å². The van der Waals surface area contributed by atoms with Gasteiger partial charge in [-0.2, -0.15) is 0 Å². The van der Waals surface area contributed by atoms with Crippen molar-refractivity contribution in [2.45, 2.75) is 49.9 Å². The number of nitrogens with one attached hydrogen (secondary N) is 2. The second-order valence-electron chi connectivity index (χ2n) is 5.73. The molecule has 6 unspecified atom stereocenters. The molecular formula is C12H24N4. The fourth-order valence-corrected chi connectivity index (χ4v) is 4.10. The summed E-state index contributed by atoms with van der Waals surface area (Å²) in [6, 6.07) is 1.51. The first-order valence-corrected chi connectivity index (χ1v) is 6.77. The Morgan fingerprint density at radius 3 is 1.62 bits per heavy atom. The summed E-state index contributed by atoms with van der Waals surface area (Å²) in [5.74, 6) is 1.16. The van der Waals surface area contributed by atoms with Crippen molar-refractivity contribution in [3.63, 3.8) is 0 Å². The van der Waals surface area contributed by atoms with Crippen LogP contribution >= 0.6 is 0 Å². The van der Waals surface area contributed by atoms with Crippen molar-refractivity contribution in [2.75, 3.05) is 13.1 Å². The normalized spacial score (nSPS) is 52.9. The minimum absolute atomic E-state index is 0.193. The Morgan fingerprint density at radius 1 is 0.750 bits per heavy atom. The van der Waals surface area contributed by atoms with Crippen molar-refractivity contribution in [3.05, 3.63) is 0 Å². The molecule has 0 radical (unpaired) electrons. The van der Waals surface area contributed by atoms with E-state index >= 15 is 0 Å². The highest BCUT2D eigenvalue weighted by Gasteiger charge is 2.48. The number of hydrogen-bond donors (Lipinski definition) is 4. The molecule has 0 amide bonds. The van der Waals surface area contributed by atoms with Crippen molar-refractivity contribution in [2.24, 2.45) is 23.3 Å². The van der Waals surface area contributed by atoms with Gasteiger partial charge in [0.2, 0.25) is 0 Å². The lowest BCUT2D eigenvalue weighted by Gasteiger charge is -2.53. The van der Waals surface area contributed by atoms with E-state index in [-0.39, 0.29) is 12.1 Å². The molecule has 16 heavy (non-hydrogen) atoms. The van der Waals surface area contributed by atoms with Crippen LogP contribution in [0.3, 0.4) is 0 Å². The van der Waals surface area contributed by atoms with Gasteiger partial charge in [0.1, 0.15) is 0 Å². The molecule has 2 aliphatic heterocycles. The van der Waals surface area contributed by atoms with Crippen LogP contribution in [-0.2, 0) is 0 Å². The summed E-state index contributed by atoms with van der Waals surface area (Å²) in [6.45, 7) is 2.29. The molecule has 0 aromatic rings. The Bertz CT molecular complexity index is 231. The lowest BCUT2D eigenvalue weighted by molar-refractivity contribution is 0.0599. The van der Waals surface area contributed by atoms with Crippen LogP contribution in [0.2, 0.25) is 0 Å². The molecule has 0 bridgehead atoms. The molecule has 3 fully saturated rings. The first kappa shape index (κ1) is 11.0. The van der Waals surface area contributed by atoms with Gasteiger partial charge in [-0.25, -0.2) is 0 Å². The maximum atomic E-state index is 6.35. The molecule has 3 rings (SSSR count). The molecule has 1 aliphatic carbocycles.